The Morgan fingerprint density at radius 1 is 1.26 bits per heavy atom. The first-order valence-electron chi connectivity index (χ1n) is 12.1. The zero-order valence-electron chi connectivity index (χ0n) is 19.5. The van der Waals surface area contributed by atoms with Crippen LogP contribution in [0, 0.1) is 11.7 Å². The number of benzene rings is 1. The Kier molecular flexibility index (Phi) is 8.21. The Labute approximate surface area is 205 Å². The first-order valence-corrected chi connectivity index (χ1v) is 12.6. The highest BCUT2D eigenvalue weighted by Crippen LogP contribution is 2.39. The molecule has 4 rings (SSSR count). The Balaban J connectivity index is 1.49. The van der Waals surface area contributed by atoms with Crippen molar-refractivity contribution in [2.24, 2.45) is 5.92 Å². The monoisotopic (exact) mass is 485 g/mol. The van der Waals surface area contributed by atoms with Gasteiger partial charge in [-0.25, -0.2) is 4.39 Å². The van der Waals surface area contributed by atoms with Gasteiger partial charge in [-0.2, -0.15) is 17.7 Å². The molecule has 1 aliphatic carbocycles. The van der Waals surface area contributed by atoms with Gasteiger partial charge in [0.15, 0.2) is 5.78 Å². The zero-order valence-corrected chi connectivity index (χ0v) is 20.4. The molecule has 0 radical (unpaired) electrons. The van der Waals surface area contributed by atoms with Gasteiger partial charge in [0.1, 0.15) is 12.4 Å². The summed E-state index contributed by atoms with van der Waals surface area (Å²) in [6, 6.07) is 7.83. The van der Waals surface area contributed by atoms with Crippen molar-refractivity contribution in [1.29, 1.82) is 0 Å². The predicted octanol–water partition coefficient (Wildman–Crippen LogP) is 4.47. The van der Waals surface area contributed by atoms with E-state index in [1.807, 2.05) is 19.1 Å². The Morgan fingerprint density at radius 2 is 2.06 bits per heavy atom. The standard InChI is InChI=1S/C26H32FN3O3S/c1-2-3-14-33-24(31)17-30-13-10-20(28-30)15-19-16-29(12-11-23(19)34)25(26(32)18-8-9-18)21-6-4-5-7-22(21)27/h4-7,10,13,15,18,23,25,34H,2-3,8-9,11-12,14,16-17H2,1H3/b19-15-. The number of hydrogen-bond acceptors (Lipinski definition) is 6. The smallest absolute Gasteiger partial charge is 0.327 e. The van der Waals surface area contributed by atoms with E-state index < -0.39 is 6.04 Å². The maximum absolute atomic E-state index is 14.7. The zero-order chi connectivity index (χ0) is 24.1. The number of likely N-dealkylation sites (tertiary alicyclic amines) is 1. The number of ketones is 1. The number of hydrogen-bond donors (Lipinski definition) is 1. The maximum atomic E-state index is 14.7. The average molecular weight is 486 g/mol. The molecule has 0 bridgehead atoms. The number of unbranched alkanes of at least 4 members (excludes halogenated alkanes) is 1. The molecule has 2 heterocycles. The van der Waals surface area contributed by atoms with Gasteiger partial charge in [-0.15, -0.1) is 0 Å². The van der Waals surface area contributed by atoms with Crippen LogP contribution in [0.25, 0.3) is 6.08 Å². The lowest BCUT2D eigenvalue weighted by Gasteiger charge is -2.37. The highest BCUT2D eigenvalue weighted by Gasteiger charge is 2.40. The lowest BCUT2D eigenvalue weighted by Crippen LogP contribution is -2.42. The van der Waals surface area contributed by atoms with E-state index >= 15 is 0 Å². The van der Waals surface area contributed by atoms with Crippen molar-refractivity contribution in [2.45, 2.75) is 56.9 Å². The average Bonchev–Trinajstić information content (AvgIpc) is 3.58. The van der Waals surface area contributed by atoms with Crippen LogP contribution in [0.2, 0.25) is 0 Å². The molecule has 2 unspecified atom stereocenters. The third-order valence-corrected chi connectivity index (χ3v) is 6.95. The molecule has 1 aliphatic heterocycles. The number of esters is 1. The van der Waals surface area contributed by atoms with Gasteiger partial charge in [0.05, 0.1) is 18.3 Å². The van der Waals surface area contributed by atoms with Gasteiger partial charge in [0, 0.05) is 36.0 Å². The van der Waals surface area contributed by atoms with Crippen LogP contribution in [0.3, 0.4) is 0 Å². The normalized spacial score (nSPS) is 20.9. The Bertz CT molecular complexity index is 1050. The molecular formula is C26H32FN3O3S. The van der Waals surface area contributed by atoms with Crippen molar-refractivity contribution in [3.63, 3.8) is 0 Å². The van der Waals surface area contributed by atoms with E-state index in [1.54, 1.807) is 29.1 Å². The van der Waals surface area contributed by atoms with Crippen molar-refractivity contribution in [2.75, 3.05) is 19.7 Å². The molecule has 2 aliphatic rings. The second-order valence-electron chi connectivity index (χ2n) is 9.11. The fraction of sp³-hybridized carbons (Fsp3) is 0.500. The largest absolute Gasteiger partial charge is 0.464 e. The second-order valence-corrected chi connectivity index (χ2v) is 9.73. The summed E-state index contributed by atoms with van der Waals surface area (Å²) in [7, 11) is 0. The molecule has 1 aromatic heterocycles. The minimum atomic E-state index is -0.589. The highest BCUT2D eigenvalue weighted by atomic mass is 32.1. The Morgan fingerprint density at radius 3 is 2.79 bits per heavy atom. The van der Waals surface area contributed by atoms with Crippen LogP contribution in [0.15, 0.2) is 42.1 Å². The fourth-order valence-electron chi connectivity index (χ4n) is 4.31. The van der Waals surface area contributed by atoms with Gasteiger partial charge in [0.2, 0.25) is 0 Å². The number of carbonyl (C=O) groups is 2. The number of piperidine rings is 1. The summed E-state index contributed by atoms with van der Waals surface area (Å²) in [5, 5.41) is 4.51. The van der Waals surface area contributed by atoms with E-state index in [1.165, 1.54) is 6.07 Å². The maximum Gasteiger partial charge on any atom is 0.327 e. The first-order chi connectivity index (χ1) is 16.5. The number of Topliss-reactive ketones (excluding diaryl/α,β-unsaturated/α-hetero) is 1. The molecule has 2 fully saturated rings. The molecule has 1 saturated carbocycles. The van der Waals surface area contributed by atoms with Crippen LogP contribution in [-0.4, -0.2) is 51.4 Å². The van der Waals surface area contributed by atoms with Crippen LogP contribution < -0.4 is 0 Å². The van der Waals surface area contributed by atoms with E-state index in [9.17, 15) is 14.0 Å². The van der Waals surface area contributed by atoms with E-state index in [-0.39, 0.29) is 35.3 Å². The topological polar surface area (TPSA) is 64.4 Å². The van der Waals surface area contributed by atoms with Gasteiger partial charge >= 0.3 is 5.97 Å². The number of ether oxygens (including phenoxy) is 1. The fourth-order valence-corrected chi connectivity index (χ4v) is 4.58. The molecule has 0 amide bonds. The summed E-state index contributed by atoms with van der Waals surface area (Å²) in [6.07, 6.45) is 8.05. The van der Waals surface area contributed by atoms with Gasteiger partial charge in [-0.1, -0.05) is 31.5 Å². The van der Waals surface area contributed by atoms with Crippen molar-refractivity contribution in [3.05, 3.63) is 59.2 Å². The molecule has 34 heavy (non-hydrogen) atoms. The Hall–Kier alpha value is -2.45. The molecule has 2 aromatic rings. The number of aromatic nitrogens is 2. The molecule has 1 aromatic carbocycles. The van der Waals surface area contributed by atoms with Crippen LogP contribution in [0.4, 0.5) is 4.39 Å². The number of rotatable bonds is 10. The third kappa shape index (κ3) is 6.16. The van der Waals surface area contributed by atoms with Crippen LogP contribution in [0.5, 0.6) is 0 Å². The van der Waals surface area contributed by atoms with Crippen LogP contribution in [-0.2, 0) is 20.9 Å². The quantitative estimate of drug-likeness (QED) is 0.306. The molecule has 1 saturated heterocycles. The minimum absolute atomic E-state index is 0.0257. The highest BCUT2D eigenvalue weighted by molar-refractivity contribution is 7.81. The van der Waals surface area contributed by atoms with Crippen molar-refractivity contribution in [1.82, 2.24) is 14.7 Å². The van der Waals surface area contributed by atoms with E-state index in [2.05, 4.69) is 10.00 Å². The lowest BCUT2D eigenvalue weighted by molar-refractivity contribution is -0.144. The van der Waals surface area contributed by atoms with Gasteiger partial charge in [0.25, 0.3) is 0 Å². The number of carbonyl (C=O) groups excluding carboxylic acids is 2. The first kappa shape index (κ1) is 24.7. The van der Waals surface area contributed by atoms with Gasteiger partial charge in [-0.3, -0.25) is 19.2 Å². The van der Waals surface area contributed by atoms with Crippen molar-refractivity contribution < 1.29 is 18.7 Å². The molecule has 6 nitrogen and oxygen atoms in total. The summed E-state index contributed by atoms with van der Waals surface area (Å²) in [5.74, 6) is -0.519. The number of halogens is 1. The summed E-state index contributed by atoms with van der Waals surface area (Å²) in [4.78, 5) is 27.2. The van der Waals surface area contributed by atoms with Crippen LogP contribution in [0.1, 0.15) is 56.3 Å². The van der Waals surface area contributed by atoms with E-state index in [4.69, 9.17) is 17.4 Å². The molecule has 8 heteroatoms. The molecule has 0 spiro atoms. The predicted molar refractivity (Wildman–Crippen MR) is 132 cm³/mol. The summed E-state index contributed by atoms with van der Waals surface area (Å²) >= 11 is 4.76. The molecule has 182 valence electrons. The van der Waals surface area contributed by atoms with Crippen molar-refractivity contribution in [3.8, 4) is 0 Å². The molecular weight excluding hydrogens is 453 g/mol. The third-order valence-electron chi connectivity index (χ3n) is 6.36. The summed E-state index contributed by atoms with van der Waals surface area (Å²) in [6.45, 7) is 3.71. The van der Waals surface area contributed by atoms with Crippen molar-refractivity contribution >= 4 is 30.5 Å². The summed E-state index contributed by atoms with van der Waals surface area (Å²) in [5.41, 5.74) is 2.19. The van der Waals surface area contributed by atoms with Gasteiger partial charge in [-0.05, 0) is 49.5 Å². The minimum Gasteiger partial charge on any atom is -0.464 e. The lowest BCUT2D eigenvalue weighted by atomic mass is 9.93. The van der Waals surface area contributed by atoms with Crippen LogP contribution >= 0.6 is 12.6 Å². The van der Waals surface area contributed by atoms with E-state index in [0.29, 0.717) is 31.0 Å². The number of nitrogens with zero attached hydrogens (tertiary/aromatic N) is 3. The molecule has 0 N–H and O–H groups in total. The SMILES string of the molecule is CCCCOC(=O)Cn1ccc(/C=C2/CN(C(C(=O)C3CC3)c3ccccc3F)CCC2S)n1. The van der Waals surface area contributed by atoms with E-state index in [0.717, 1.165) is 37.7 Å². The second kappa shape index (κ2) is 11.3. The summed E-state index contributed by atoms with van der Waals surface area (Å²) < 4.78 is 21.5. The number of thiol groups is 1. The molecule has 2 atom stereocenters. The van der Waals surface area contributed by atoms with Gasteiger partial charge < -0.3 is 4.74 Å².